The van der Waals surface area contributed by atoms with E-state index in [-0.39, 0.29) is 5.41 Å². The van der Waals surface area contributed by atoms with Gasteiger partial charge in [0.25, 0.3) is 0 Å². The van der Waals surface area contributed by atoms with E-state index in [0.29, 0.717) is 5.92 Å². The van der Waals surface area contributed by atoms with E-state index < -0.39 is 0 Å². The van der Waals surface area contributed by atoms with Crippen LogP contribution in [0.2, 0.25) is 0 Å². The lowest BCUT2D eigenvalue weighted by atomic mass is 9.87. The van der Waals surface area contributed by atoms with Crippen molar-refractivity contribution in [2.75, 3.05) is 6.54 Å². The molecule has 1 saturated carbocycles. The van der Waals surface area contributed by atoms with Crippen molar-refractivity contribution < 1.29 is 0 Å². The van der Waals surface area contributed by atoms with Gasteiger partial charge in [0, 0.05) is 17.3 Å². The fraction of sp³-hybridized carbons (Fsp3) is 0.750. The van der Waals surface area contributed by atoms with E-state index in [9.17, 15) is 0 Å². The molecule has 1 fully saturated rings. The maximum atomic E-state index is 5.95. The smallest absolute Gasteiger partial charge is 0.100 e. The van der Waals surface area contributed by atoms with Crippen LogP contribution in [-0.2, 0) is 5.41 Å². The summed E-state index contributed by atoms with van der Waals surface area (Å²) in [5, 5.41) is 3.49. The molecule has 2 N–H and O–H groups in total. The molecule has 0 bridgehead atoms. The lowest BCUT2D eigenvalue weighted by Crippen LogP contribution is -2.31. The Bertz CT molecular complexity index is 324. The molecule has 2 nitrogen and oxygen atoms in total. The summed E-state index contributed by atoms with van der Waals surface area (Å²) >= 11 is 1.81. The van der Waals surface area contributed by atoms with E-state index in [0.717, 1.165) is 6.54 Å². The molecule has 1 aliphatic rings. The van der Waals surface area contributed by atoms with E-state index in [1.807, 2.05) is 11.3 Å². The van der Waals surface area contributed by atoms with Gasteiger partial charge >= 0.3 is 0 Å². The van der Waals surface area contributed by atoms with Crippen molar-refractivity contribution >= 4 is 11.3 Å². The predicted octanol–water partition coefficient (Wildman–Crippen LogP) is 3.04. The maximum absolute atomic E-state index is 5.95. The van der Waals surface area contributed by atoms with Crippen LogP contribution in [0.5, 0.6) is 0 Å². The molecular weight excluding hydrogens is 204 g/mol. The Hall–Kier alpha value is -0.410. The molecule has 0 radical (unpaired) electrons. The highest BCUT2D eigenvalue weighted by Crippen LogP contribution is 2.41. The maximum Gasteiger partial charge on any atom is 0.100 e. The van der Waals surface area contributed by atoms with Gasteiger partial charge in [-0.15, -0.1) is 11.3 Å². The van der Waals surface area contributed by atoms with Gasteiger partial charge in [0.2, 0.25) is 0 Å². The van der Waals surface area contributed by atoms with E-state index in [4.69, 9.17) is 10.7 Å². The van der Waals surface area contributed by atoms with Crippen molar-refractivity contribution in [2.24, 2.45) is 5.73 Å². The molecule has 3 heteroatoms. The normalized spacial score (nSPS) is 20.0. The summed E-state index contributed by atoms with van der Waals surface area (Å²) in [6.07, 6.45) is 5.09. The number of nitrogens with two attached hydrogens (primary N) is 1. The number of hydrogen-bond donors (Lipinski definition) is 1. The third-order valence-electron chi connectivity index (χ3n) is 3.52. The molecule has 2 rings (SSSR count). The number of nitrogens with zero attached hydrogens (tertiary/aromatic N) is 1. The zero-order valence-corrected chi connectivity index (χ0v) is 10.4. The molecular formula is C12H20N2S. The summed E-state index contributed by atoms with van der Waals surface area (Å²) < 4.78 is 0. The van der Waals surface area contributed by atoms with Crippen molar-refractivity contribution in [3.05, 3.63) is 16.1 Å². The highest BCUT2D eigenvalue weighted by molar-refractivity contribution is 7.09. The van der Waals surface area contributed by atoms with Crippen molar-refractivity contribution in [3.8, 4) is 0 Å². The van der Waals surface area contributed by atoms with Gasteiger partial charge in [0.1, 0.15) is 5.01 Å². The van der Waals surface area contributed by atoms with Crippen LogP contribution in [-0.4, -0.2) is 11.5 Å². The van der Waals surface area contributed by atoms with Gasteiger partial charge in [-0.3, -0.25) is 0 Å². The largest absolute Gasteiger partial charge is 0.329 e. The van der Waals surface area contributed by atoms with Crippen LogP contribution < -0.4 is 5.73 Å². The van der Waals surface area contributed by atoms with Crippen LogP contribution in [0.15, 0.2) is 5.38 Å². The highest BCUT2D eigenvalue weighted by Gasteiger charge is 2.36. The van der Waals surface area contributed by atoms with Crippen molar-refractivity contribution in [2.45, 2.75) is 50.9 Å². The lowest BCUT2D eigenvalue weighted by molar-refractivity contribution is 0.449. The summed E-state index contributed by atoms with van der Waals surface area (Å²) in [6.45, 7) is 5.16. The third kappa shape index (κ3) is 1.95. The molecule has 0 atom stereocenters. The zero-order valence-electron chi connectivity index (χ0n) is 9.62. The van der Waals surface area contributed by atoms with Crippen LogP contribution in [0.3, 0.4) is 0 Å². The summed E-state index contributed by atoms with van der Waals surface area (Å²) in [4.78, 5) is 4.77. The monoisotopic (exact) mass is 224 g/mol. The molecule has 1 aliphatic carbocycles. The minimum atomic E-state index is 0.220. The second-order valence-corrected chi connectivity index (χ2v) is 5.78. The summed E-state index contributed by atoms with van der Waals surface area (Å²) in [6, 6.07) is 0. The lowest BCUT2D eigenvalue weighted by Gasteiger charge is -2.24. The summed E-state index contributed by atoms with van der Waals surface area (Å²) in [5.41, 5.74) is 7.40. The Kier molecular flexibility index (Phi) is 3.12. The van der Waals surface area contributed by atoms with Crippen LogP contribution in [0, 0.1) is 0 Å². The molecule has 0 spiro atoms. The Balaban J connectivity index is 2.27. The van der Waals surface area contributed by atoms with E-state index in [1.165, 1.54) is 36.4 Å². The van der Waals surface area contributed by atoms with Crippen LogP contribution in [0.1, 0.15) is 56.2 Å². The molecule has 0 aromatic carbocycles. The van der Waals surface area contributed by atoms with Gasteiger partial charge in [-0.1, -0.05) is 26.7 Å². The third-order valence-corrected chi connectivity index (χ3v) is 4.63. The van der Waals surface area contributed by atoms with Crippen LogP contribution >= 0.6 is 11.3 Å². The number of thiazole rings is 1. The fourth-order valence-electron chi connectivity index (χ4n) is 2.35. The average Bonchev–Trinajstić information content (AvgIpc) is 2.87. The number of rotatable bonds is 3. The summed E-state index contributed by atoms with van der Waals surface area (Å²) in [5.74, 6) is 0.534. The van der Waals surface area contributed by atoms with E-state index >= 15 is 0 Å². The molecule has 0 unspecified atom stereocenters. The standard InChI is InChI=1S/C12H20N2S/c1-9(2)10-7-15-11(14-10)12(8-13)5-3-4-6-12/h7,9H,3-6,8,13H2,1-2H3. The molecule has 0 saturated heterocycles. The second-order valence-electron chi connectivity index (χ2n) is 4.92. The van der Waals surface area contributed by atoms with Gasteiger partial charge < -0.3 is 5.73 Å². The fourth-order valence-corrected chi connectivity index (χ4v) is 3.60. The SMILES string of the molecule is CC(C)c1csc(C2(CN)CCCC2)n1. The molecule has 0 aliphatic heterocycles. The van der Waals surface area contributed by atoms with Crippen molar-refractivity contribution in [3.63, 3.8) is 0 Å². The number of hydrogen-bond acceptors (Lipinski definition) is 3. The first-order chi connectivity index (χ1) is 7.18. The van der Waals surface area contributed by atoms with Gasteiger partial charge in [0.05, 0.1) is 5.69 Å². The van der Waals surface area contributed by atoms with Gasteiger partial charge in [0.15, 0.2) is 0 Å². The first-order valence-corrected chi connectivity index (χ1v) is 6.72. The van der Waals surface area contributed by atoms with Gasteiger partial charge in [-0.25, -0.2) is 4.98 Å². The Morgan fingerprint density at radius 3 is 2.60 bits per heavy atom. The van der Waals surface area contributed by atoms with Crippen LogP contribution in [0.4, 0.5) is 0 Å². The minimum absolute atomic E-state index is 0.220. The molecule has 84 valence electrons. The average molecular weight is 224 g/mol. The Morgan fingerprint density at radius 2 is 2.13 bits per heavy atom. The highest BCUT2D eigenvalue weighted by atomic mass is 32.1. The van der Waals surface area contributed by atoms with Gasteiger partial charge in [-0.2, -0.15) is 0 Å². The molecule has 15 heavy (non-hydrogen) atoms. The first-order valence-electron chi connectivity index (χ1n) is 5.84. The predicted molar refractivity (Wildman–Crippen MR) is 65.4 cm³/mol. The Labute approximate surface area is 95.9 Å². The van der Waals surface area contributed by atoms with E-state index in [2.05, 4.69) is 19.2 Å². The van der Waals surface area contributed by atoms with Crippen molar-refractivity contribution in [1.82, 2.24) is 4.98 Å². The Morgan fingerprint density at radius 1 is 1.47 bits per heavy atom. The first kappa shape index (κ1) is 11.1. The summed E-state index contributed by atoms with van der Waals surface area (Å²) in [7, 11) is 0. The van der Waals surface area contributed by atoms with Gasteiger partial charge in [-0.05, 0) is 18.8 Å². The number of aromatic nitrogens is 1. The zero-order chi connectivity index (χ0) is 10.9. The molecule has 1 heterocycles. The van der Waals surface area contributed by atoms with Crippen molar-refractivity contribution in [1.29, 1.82) is 0 Å². The van der Waals surface area contributed by atoms with Crippen LogP contribution in [0.25, 0.3) is 0 Å². The topological polar surface area (TPSA) is 38.9 Å². The quantitative estimate of drug-likeness (QED) is 0.857. The minimum Gasteiger partial charge on any atom is -0.329 e. The van der Waals surface area contributed by atoms with E-state index in [1.54, 1.807) is 0 Å². The molecule has 1 aromatic heterocycles. The molecule has 0 amide bonds. The molecule has 1 aromatic rings. The second kappa shape index (κ2) is 4.22.